The molecule has 0 aliphatic carbocycles. The Bertz CT molecular complexity index is 2850. The second kappa shape index (κ2) is 10.7. The van der Waals surface area contributed by atoms with Crippen LogP contribution in [-0.2, 0) is 0 Å². The van der Waals surface area contributed by atoms with Crippen LogP contribution in [-0.4, -0.2) is 9.97 Å². The van der Waals surface area contributed by atoms with Crippen molar-refractivity contribution in [2.24, 2.45) is 0 Å². The van der Waals surface area contributed by atoms with Gasteiger partial charge in [0.05, 0.1) is 15.9 Å². The van der Waals surface area contributed by atoms with E-state index < -0.39 is 0 Å². The summed E-state index contributed by atoms with van der Waals surface area (Å²) < 4.78 is 8.58. The minimum absolute atomic E-state index is 0.707. The van der Waals surface area contributed by atoms with Crippen LogP contribution in [0.1, 0.15) is 0 Å². The topological polar surface area (TPSA) is 38.9 Å². The number of thiophene rings is 1. The number of hydrogen-bond donors (Lipinski definition) is 0. The van der Waals surface area contributed by atoms with Crippen LogP contribution in [0.4, 0.5) is 0 Å². The number of fused-ring (bicyclic) bond motifs is 7. The van der Waals surface area contributed by atoms with Crippen molar-refractivity contribution in [3.63, 3.8) is 0 Å². The molecule has 0 fully saturated rings. The third-order valence-corrected chi connectivity index (χ3v) is 10.4. The lowest BCUT2D eigenvalue weighted by atomic mass is 10.0. The summed E-state index contributed by atoms with van der Waals surface area (Å²) in [4.78, 5) is 10.6. The Kier molecular flexibility index (Phi) is 6.05. The number of aromatic nitrogens is 2. The molecule has 0 saturated heterocycles. The summed E-state index contributed by atoms with van der Waals surface area (Å²) in [6, 6.07) is 55.6. The molecule has 3 aromatic heterocycles. The van der Waals surface area contributed by atoms with E-state index >= 15 is 0 Å². The van der Waals surface area contributed by atoms with Crippen molar-refractivity contribution >= 4 is 64.4 Å². The second-order valence-electron chi connectivity index (χ2n) is 12.2. The van der Waals surface area contributed by atoms with Gasteiger partial charge < -0.3 is 4.42 Å². The van der Waals surface area contributed by atoms with Gasteiger partial charge >= 0.3 is 0 Å². The monoisotopic (exact) mass is 630 g/mol. The van der Waals surface area contributed by atoms with Gasteiger partial charge in [0.25, 0.3) is 0 Å². The van der Waals surface area contributed by atoms with E-state index in [1.807, 2.05) is 18.2 Å². The van der Waals surface area contributed by atoms with Crippen LogP contribution in [0.25, 0.3) is 97.9 Å². The number of para-hydroxylation sites is 1. The van der Waals surface area contributed by atoms with Gasteiger partial charge in [-0.25, -0.2) is 9.97 Å². The maximum Gasteiger partial charge on any atom is 0.160 e. The van der Waals surface area contributed by atoms with Crippen molar-refractivity contribution in [3.05, 3.63) is 158 Å². The minimum Gasteiger partial charge on any atom is -0.456 e. The van der Waals surface area contributed by atoms with Crippen LogP contribution >= 0.6 is 11.3 Å². The van der Waals surface area contributed by atoms with Crippen LogP contribution < -0.4 is 0 Å². The van der Waals surface area contributed by atoms with Crippen molar-refractivity contribution in [2.45, 2.75) is 0 Å². The Balaban J connectivity index is 1.19. The molecule has 3 nitrogen and oxygen atoms in total. The first kappa shape index (κ1) is 27.1. The Hall–Kier alpha value is -6.10. The van der Waals surface area contributed by atoms with Gasteiger partial charge in [-0.05, 0) is 69.4 Å². The summed E-state index contributed by atoms with van der Waals surface area (Å²) in [6.07, 6.45) is 0. The lowest BCUT2D eigenvalue weighted by Crippen LogP contribution is -1.94. The summed E-state index contributed by atoms with van der Waals surface area (Å²) in [5.41, 5.74) is 10.3. The molecule has 0 aliphatic heterocycles. The van der Waals surface area contributed by atoms with Crippen molar-refractivity contribution in [2.75, 3.05) is 0 Å². The van der Waals surface area contributed by atoms with Gasteiger partial charge in [0.15, 0.2) is 5.82 Å². The van der Waals surface area contributed by atoms with Gasteiger partial charge in [0.2, 0.25) is 0 Å². The fourth-order valence-electron chi connectivity index (χ4n) is 6.86. The highest BCUT2D eigenvalue weighted by molar-refractivity contribution is 7.26. The quantitative estimate of drug-likeness (QED) is 0.194. The standard InChI is InChI=1S/C44H26N2OS/c1-2-9-27(10-3-1)30-13-8-14-34(24-30)44-45-41(33-20-21-36-35-15-6-7-16-38(35)47-39(36)25-33)43-42(46-44)37-22-19-32(26-40(37)48-43)31-18-17-28-11-4-5-12-29(28)23-31/h1-26H. The van der Waals surface area contributed by atoms with E-state index in [0.29, 0.717) is 5.82 Å². The SMILES string of the molecule is c1ccc(-c2cccc(-c3nc(-c4ccc5c(c4)oc4ccccc45)c4sc5cc(-c6ccc7ccccc7c6)ccc5c4n3)c2)cc1. The van der Waals surface area contributed by atoms with Crippen molar-refractivity contribution in [1.29, 1.82) is 0 Å². The Labute approximate surface area is 280 Å². The maximum absolute atomic E-state index is 6.32. The Morgan fingerprint density at radius 1 is 0.417 bits per heavy atom. The van der Waals surface area contributed by atoms with Gasteiger partial charge in [-0.1, -0.05) is 121 Å². The molecule has 0 amide bonds. The highest BCUT2D eigenvalue weighted by Gasteiger charge is 2.19. The van der Waals surface area contributed by atoms with E-state index in [4.69, 9.17) is 14.4 Å². The highest BCUT2D eigenvalue weighted by Crippen LogP contribution is 2.42. The molecule has 0 atom stereocenters. The largest absolute Gasteiger partial charge is 0.456 e. The Morgan fingerprint density at radius 3 is 2.04 bits per heavy atom. The molecule has 0 radical (unpaired) electrons. The molecule has 0 bridgehead atoms. The molecule has 10 rings (SSSR count). The number of benzene rings is 7. The van der Waals surface area contributed by atoms with E-state index in [0.717, 1.165) is 65.5 Å². The zero-order chi connectivity index (χ0) is 31.6. The number of nitrogens with zero attached hydrogens (tertiary/aromatic N) is 2. The zero-order valence-electron chi connectivity index (χ0n) is 25.7. The fraction of sp³-hybridized carbons (Fsp3) is 0. The van der Waals surface area contributed by atoms with Crippen LogP contribution in [0.2, 0.25) is 0 Å². The van der Waals surface area contributed by atoms with Crippen LogP contribution in [0.3, 0.4) is 0 Å². The van der Waals surface area contributed by atoms with E-state index in [1.165, 1.54) is 26.6 Å². The molecule has 0 N–H and O–H groups in total. The summed E-state index contributed by atoms with van der Waals surface area (Å²) in [5, 5.41) is 5.84. The Morgan fingerprint density at radius 2 is 1.10 bits per heavy atom. The molecule has 3 heterocycles. The van der Waals surface area contributed by atoms with E-state index in [1.54, 1.807) is 11.3 Å². The van der Waals surface area contributed by atoms with Crippen LogP contribution in [0, 0.1) is 0 Å². The smallest absolute Gasteiger partial charge is 0.160 e. The second-order valence-corrected chi connectivity index (χ2v) is 13.3. The minimum atomic E-state index is 0.707. The van der Waals surface area contributed by atoms with Crippen molar-refractivity contribution < 1.29 is 4.42 Å². The van der Waals surface area contributed by atoms with Gasteiger partial charge in [-0.2, -0.15) is 0 Å². The van der Waals surface area contributed by atoms with Crippen molar-refractivity contribution in [3.8, 4) is 44.9 Å². The molecular formula is C44H26N2OS. The molecular weight excluding hydrogens is 605 g/mol. The van der Waals surface area contributed by atoms with E-state index in [2.05, 4.69) is 140 Å². The maximum atomic E-state index is 6.32. The molecule has 10 aromatic rings. The molecule has 0 aliphatic rings. The lowest BCUT2D eigenvalue weighted by Gasteiger charge is -2.09. The summed E-state index contributed by atoms with van der Waals surface area (Å²) in [6.45, 7) is 0. The molecule has 0 unspecified atom stereocenters. The first-order chi connectivity index (χ1) is 23.7. The predicted molar refractivity (Wildman–Crippen MR) is 201 cm³/mol. The van der Waals surface area contributed by atoms with Gasteiger partial charge in [0.1, 0.15) is 11.2 Å². The van der Waals surface area contributed by atoms with Gasteiger partial charge in [-0.3, -0.25) is 0 Å². The van der Waals surface area contributed by atoms with E-state index in [-0.39, 0.29) is 0 Å². The van der Waals surface area contributed by atoms with Crippen LogP contribution in [0.5, 0.6) is 0 Å². The van der Waals surface area contributed by atoms with Crippen molar-refractivity contribution in [1.82, 2.24) is 9.97 Å². The van der Waals surface area contributed by atoms with Gasteiger partial charge in [-0.15, -0.1) is 11.3 Å². The summed E-state index contributed by atoms with van der Waals surface area (Å²) in [5.74, 6) is 0.707. The highest BCUT2D eigenvalue weighted by atomic mass is 32.1. The summed E-state index contributed by atoms with van der Waals surface area (Å²) >= 11 is 1.75. The first-order valence-corrected chi connectivity index (χ1v) is 16.9. The number of hydrogen-bond acceptors (Lipinski definition) is 4. The predicted octanol–water partition coefficient (Wildman–Crippen LogP) is 12.6. The normalized spacial score (nSPS) is 11.8. The number of furan rings is 1. The molecule has 4 heteroatoms. The molecule has 0 saturated carbocycles. The molecule has 224 valence electrons. The van der Waals surface area contributed by atoms with Crippen LogP contribution in [0.15, 0.2) is 162 Å². The average Bonchev–Trinajstić information content (AvgIpc) is 3.72. The third kappa shape index (κ3) is 4.42. The van der Waals surface area contributed by atoms with E-state index in [9.17, 15) is 0 Å². The zero-order valence-corrected chi connectivity index (χ0v) is 26.5. The molecule has 48 heavy (non-hydrogen) atoms. The average molecular weight is 631 g/mol. The lowest BCUT2D eigenvalue weighted by molar-refractivity contribution is 0.669. The van der Waals surface area contributed by atoms with Gasteiger partial charge in [0, 0.05) is 32.0 Å². The third-order valence-electron chi connectivity index (χ3n) is 9.28. The fourth-order valence-corrected chi connectivity index (χ4v) is 8.05. The molecule has 7 aromatic carbocycles. The summed E-state index contributed by atoms with van der Waals surface area (Å²) in [7, 11) is 0. The first-order valence-electron chi connectivity index (χ1n) is 16.1. The number of rotatable bonds is 4. The molecule has 0 spiro atoms.